The largest absolute Gasteiger partial charge is 0.454 e. The summed E-state index contributed by atoms with van der Waals surface area (Å²) in [4.78, 5) is 34.3. The highest BCUT2D eigenvalue weighted by Gasteiger charge is 2.29. The first-order chi connectivity index (χ1) is 14.7. The van der Waals surface area contributed by atoms with Crippen molar-refractivity contribution in [3.63, 3.8) is 0 Å². The molecule has 2 aliphatic heterocycles. The Bertz CT molecular complexity index is 1080. The number of anilines is 1. The molecule has 0 aliphatic carbocycles. The number of fused-ring (bicyclic) bond motifs is 2. The number of hydrogen-bond acceptors (Lipinski definition) is 5. The zero-order chi connectivity index (χ0) is 20.5. The average molecular weight is 407 g/mol. The van der Waals surface area contributed by atoms with E-state index in [0.717, 1.165) is 18.2 Å². The second kappa shape index (κ2) is 7.58. The first-order valence-corrected chi connectivity index (χ1v) is 9.86. The number of H-pyrrole nitrogens is 1. The minimum Gasteiger partial charge on any atom is -0.454 e. The Hall–Kier alpha value is -3.75. The van der Waals surface area contributed by atoms with Gasteiger partial charge in [-0.15, -0.1) is 0 Å². The molecule has 9 heteroatoms. The van der Waals surface area contributed by atoms with E-state index in [0.29, 0.717) is 41.6 Å². The first kappa shape index (κ1) is 18.3. The smallest absolute Gasteiger partial charge is 0.322 e. The topological polar surface area (TPSA) is 109 Å². The molecule has 1 saturated heterocycles. The van der Waals surface area contributed by atoms with Crippen LogP contribution in [0, 0.1) is 0 Å². The Labute approximate surface area is 172 Å². The lowest BCUT2D eigenvalue weighted by atomic mass is 10.2. The maximum absolute atomic E-state index is 12.8. The summed E-state index contributed by atoms with van der Waals surface area (Å²) in [7, 11) is 0. The molecule has 2 aliphatic rings. The summed E-state index contributed by atoms with van der Waals surface area (Å²) in [5, 5.41) is 6.72. The summed E-state index contributed by atoms with van der Waals surface area (Å²) in [6.07, 6.45) is 3.41. The van der Waals surface area contributed by atoms with Crippen molar-refractivity contribution < 1.29 is 19.1 Å². The van der Waals surface area contributed by atoms with Crippen molar-refractivity contribution in [3.8, 4) is 11.5 Å². The van der Waals surface area contributed by atoms with E-state index in [9.17, 15) is 9.59 Å². The SMILES string of the molecule is O=C(NCC1CCCN1C(=O)Nc1ccc2c(c1)OCO2)c1cc2cccnc2[nH]1. The van der Waals surface area contributed by atoms with Crippen molar-refractivity contribution in [1.82, 2.24) is 20.2 Å². The zero-order valence-electron chi connectivity index (χ0n) is 16.2. The van der Waals surface area contributed by atoms with E-state index >= 15 is 0 Å². The monoisotopic (exact) mass is 407 g/mol. The second-order valence-electron chi connectivity index (χ2n) is 7.32. The summed E-state index contributed by atoms with van der Waals surface area (Å²) >= 11 is 0. The van der Waals surface area contributed by atoms with Crippen molar-refractivity contribution in [2.75, 3.05) is 25.2 Å². The highest BCUT2D eigenvalue weighted by Crippen LogP contribution is 2.34. The van der Waals surface area contributed by atoms with Crippen molar-refractivity contribution in [2.24, 2.45) is 0 Å². The quantitative estimate of drug-likeness (QED) is 0.616. The third-order valence-corrected chi connectivity index (χ3v) is 5.40. The van der Waals surface area contributed by atoms with Crippen LogP contribution in [0.4, 0.5) is 10.5 Å². The van der Waals surface area contributed by atoms with Gasteiger partial charge in [-0.05, 0) is 43.2 Å². The van der Waals surface area contributed by atoms with Gasteiger partial charge in [-0.25, -0.2) is 9.78 Å². The van der Waals surface area contributed by atoms with Gasteiger partial charge in [-0.2, -0.15) is 0 Å². The molecule has 3 amide bonds. The molecule has 5 rings (SSSR count). The molecule has 154 valence electrons. The summed E-state index contributed by atoms with van der Waals surface area (Å²) < 4.78 is 10.6. The molecule has 1 aromatic carbocycles. The van der Waals surface area contributed by atoms with Crippen LogP contribution in [0.25, 0.3) is 11.0 Å². The predicted molar refractivity (Wildman–Crippen MR) is 110 cm³/mol. The van der Waals surface area contributed by atoms with E-state index in [1.165, 1.54) is 0 Å². The van der Waals surface area contributed by atoms with E-state index in [-0.39, 0.29) is 24.8 Å². The van der Waals surface area contributed by atoms with Gasteiger partial charge in [0.15, 0.2) is 11.5 Å². The van der Waals surface area contributed by atoms with Crippen LogP contribution in [-0.2, 0) is 0 Å². The van der Waals surface area contributed by atoms with Crippen LogP contribution in [0.2, 0.25) is 0 Å². The summed E-state index contributed by atoms with van der Waals surface area (Å²) in [5.41, 5.74) is 1.77. The molecule has 0 spiro atoms. The summed E-state index contributed by atoms with van der Waals surface area (Å²) in [6.45, 7) is 1.22. The maximum atomic E-state index is 12.8. The Morgan fingerprint density at radius 1 is 1.20 bits per heavy atom. The predicted octanol–water partition coefficient (Wildman–Crippen LogP) is 2.72. The van der Waals surface area contributed by atoms with Crippen LogP contribution in [-0.4, -0.2) is 52.7 Å². The molecular formula is C21H21N5O4. The van der Waals surface area contributed by atoms with Gasteiger partial charge in [-0.3, -0.25) is 4.79 Å². The number of rotatable bonds is 4. The number of hydrogen-bond donors (Lipinski definition) is 3. The summed E-state index contributed by atoms with van der Waals surface area (Å²) in [6, 6.07) is 10.5. The van der Waals surface area contributed by atoms with Crippen LogP contribution in [0.5, 0.6) is 11.5 Å². The number of urea groups is 1. The van der Waals surface area contributed by atoms with Gasteiger partial charge in [-0.1, -0.05) is 0 Å². The van der Waals surface area contributed by atoms with Crippen LogP contribution >= 0.6 is 0 Å². The molecule has 4 heterocycles. The zero-order valence-corrected chi connectivity index (χ0v) is 16.2. The van der Waals surface area contributed by atoms with Gasteiger partial charge >= 0.3 is 6.03 Å². The van der Waals surface area contributed by atoms with Crippen molar-refractivity contribution >= 4 is 28.7 Å². The number of aromatic amines is 1. The molecule has 1 fully saturated rings. The minimum atomic E-state index is -0.212. The third-order valence-electron chi connectivity index (χ3n) is 5.40. The van der Waals surface area contributed by atoms with E-state index in [1.807, 2.05) is 12.1 Å². The Morgan fingerprint density at radius 2 is 2.10 bits per heavy atom. The van der Waals surface area contributed by atoms with Crippen molar-refractivity contribution in [1.29, 1.82) is 0 Å². The molecule has 3 N–H and O–H groups in total. The van der Waals surface area contributed by atoms with Crippen molar-refractivity contribution in [2.45, 2.75) is 18.9 Å². The lowest BCUT2D eigenvalue weighted by Crippen LogP contribution is -2.45. The van der Waals surface area contributed by atoms with Gasteiger partial charge < -0.3 is 30.0 Å². The number of aromatic nitrogens is 2. The molecule has 2 aromatic heterocycles. The number of likely N-dealkylation sites (tertiary alicyclic amines) is 1. The third kappa shape index (κ3) is 3.49. The fraction of sp³-hybridized carbons (Fsp3) is 0.286. The fourth-order valence-corrected chi connectivity index (χ4v) is 3.87. The van der Waals surface area contributed by atoms with E-state index < -0.39 is 0 Å². The molecular weight excluding hydrogens is 386 g/mol. The molecule has 1 atom stereocenters. The van der Waals surface area contributed by atoms with Gasteiger partial charge in [0.25, 0.3) is 5.91 Å². The van der Waals surface area contributed by atoms with Gasteiger partial charge in [0.1, 0.15) is 11.3 Å². The molecule has 30 heavy (non-hydrogen) atoms. The molecule has 3 aromatic rings. The van der Waals surface area contributed by atoms with Crippen molar-refractivity contribution in [3.05, 3.63) is 48.3 Å². The number of ether oxygens (including phenoxy) is 2. The normalized spacial score (nSPS) is 17.3. The molecule has 0 bridgehead atoms. The lowest BCUT2D eigenvalue weighted by molar-refractivity contribution is 0.0939. The maximum Gasteiger partial charge on any atom is 0.322 e. The Morgan fingerprint density at radius 3 is 3.00 bits per heavy atom. The number of amides is 3. The van der Waals surface area contributed by atoms with E-state index in [4.69, 9.17) is 9.47 Å². The Balaban J connectivity index is 1.20. The molecule has 0 saturated carbocycles. The van der Waals surface area contributed by atoms with E-state index in [2.05, 4.69) is 20.6 Å². The van der Waals surface area contributed by atoms with Crippen LogP contribution < -0.4 is 20.1 Å². The average Bonchev–Trinajstić information content (AvgIpc) is 3.50. The second-order valence-corrected chi connectivity index (χ2v) is 7.32. The number of pyridine rings is 1. The van der Waals surface area contributed by atoms with Crippen LogP contribution in [0.1, 0.15) is 23.3 Å². The lowest BCUT2D eigenvalue weighted by Gasteiger charge is -2.25. The number of benzene rings is 1. The molecule has 0 radical (unpaired) electrons. The van der Waals surface area contributed by atoms with Gasteiger partial charge in [0.2, 0.25) is 6.79 Å². The number of carbonyl (C=O) groups excluding carboxylic acids is 2. The molecule has 9 nitrogen and oxygen atoms in total. The highest BCUT2D eigenvalue weighted by atomic mass is 16.7. The first-order valence-electron chi connectivity index (χ1n) is 9.86. The van der Waals surface area contributed by atoms with Crippen LogP contribution in [0.3, 0.4) is 0 Å². The molecule has 1 unspecified atom stereocenters. The number of nitrogens with zero attached hydrogens (tertiary/aromatic N) is 2. The standard InChI is InChI=1S/C21H21N5O4/c27-20(16-9-13-3-1-7-22-19(13)25-16)23-11-15-4-2-8-26(15)21(28)24-14-5-6-17-18(10-14)30-12-29-17/h1,3,5-7,9-10,15H,2,4,8,11-12H2,(H,22,25)(H,23,27)(H,24,28). The van der Waals surface area contributed by atoms with Gasteiger partial charge in [0, 0.05) is 36.4 Å². The van der Waals surface area contributed by atoms with E-state index in [1.54, 1.807) is 35.4 Å². The van der Waals surface area contributed by atoms with Crippen LogP contribution in [0.15, 0.2) is 42.6 Å². The Kier molecular flexibility index (Phi) is 4.62. The number of carbonyl (C=O) groups is 2. The highest BCUT2D eigenvalue weighted by molar-refractivity contribution is 5.97. The fourth-order valence-electron chi connectivity index (χ4n) is 3.87. The summed E-state index contributed by atoms with van der Waals surface area (Å²) in [5.74, 6) is 1.07. The minimum absolute atomic E-state index is 0.0644. The van der Waals surface area contributed by atoms with Gasteiger partial charge in [0.05, 0.1) is 6.04 Å². The number of nitrogens with one attached hydrogen (secondary N) is 3.